The molecule has 0 bridgehead atoms. The molecule has 0 saturated heterocycles. The summed E-state index contributed by atoms with van der Waals surface area (Å²) in [5.41, 5.74) is 2.59. The Hall–Kier alpha value is -1.31. The van der Waals surface area contributed by atoms with Gasteiger partial charge in [-0.05, 0) is 29.9 Å². The van der Waals surface area contributed by atoms with Crippen LogP contribution in [0.3, 0.4) is 0 Å². The minimum Gasteiger partial charge on any atom is -0.356 e. The van der Waals surface area contributed by atoms with E-state index >= 15 is 0 Å². The smallest absolute Gasteiger partial charge is 0.220 e. The van der Waals surface area contributed by atoms with Gasteiger partial charge in [0.15, 0.2) is 0 Å². The first-order valence-corrected chi connectivity index (χ1v) is 6.99. The van der Waals surface area contributed by atoms with E-state index < -0.39 is 0 Å². The third-order valence-corrected chi connectivity index (χ3v) is 3.14. The molecule has 1 amide bonds. The highest BCUT2D eigenvalue weighted by atomic mass is 16.1. The molecule has 0 spiro atoms. The van der Waals surface area contributed by atoms with Crippen LogP contribution in [0.5, 0.6) is 0 Å². The van der Waals surface area contributed by atoms with E-state index in [4.69, 9.17) is 0 Å². The van der Waals surface area contributed by atoms with Crippen LogP contribution in [0.2, 0.25) is 0 Å². The lowest BCUT2D eigenvalue weighted by Gasteiger charge is -2.07. The predicted molar refractivity (Wildman–Crippen MR) is 76.8 cm³/mol. The molecule has 1 N–H and O–H groups in total. The second-order valence-electron chi connectivity index (χ2n) is 5.10. The average molecular weight is 247 g/mol. The molecule has 0 heterocycles. The number of aryl methyl sites for hydroxylation is 1. The number of carbonyl (C=O) groups excluding carboxylic acids is 1. The van der Waals surface area contributed by atoms with E-state index in [1.54, 1.807) is 0 Å². The molecule has 1 aromatic rings. The molecule has 2 heteroatoms. The van der Waals surface area contributed by atoms with Crippen molar-refractivity contribution in [3.8, 4) is 0 Å². The summed E-state index contributed by atoms with van der Waals surface area (Å²) >= 11 is 0. The van der Waals surface area contributed by atoms with Crippen LogP contribution in [0, 0.1) is 0 Å². The summed E-state index contributed by atoms with van der Waals surface area (Å²) in [6.45, 7) is 7.32. The first kappa shape index (κ1) is 14.7. The van der Waals surface area contributed by atoms with E-state index in [2.05, 4.69) is 50.4 Å². The summed E-state index contributed by atoms with van der Waals surface area (Å²) < 4.78 is 0. The second kappa shape index (κ2) is 7.91. The van der Waals surface area contributed by atoms with Gasteiger partial charge in [-0.1, -0.05) is 51.5 Å². The summed E-state index contributed by atoms with van der Waals surface area (Å²) in [5, 5.41) is 2.94. The van der Waals surface area contributed by atoms with Crippen molar-refractivity contribution in [2.75, 3.05) is 6.54 Å². The van der Waals surface area contributed by atoms with Gasteiger partial charge in [-0.3, -0.25) is 4.79 Å². The Labute approximate surface area is 111 Å². The van der Waals surface area contributed by atoms with E-state index in [1.807, 2.05) is 0 Å². The van der Waals surface area contributed by atoms with E-state index in [0.29, 0.717) is 12.3 Å². The van der Waals surface area contributed by atoms with Gasteiger partial charge >= 0.3 is 0 Å². The van der Waals surface area contributed by atoms with Crippen molar-refractivity contribution in [1.29, 1.82) is 0 Å². The maximum absolute atomic E-state index is 11.6. The van der Waals surface area contributed by atoms with Crippen LogP contribution in [-0.4, -0.2) is 12.5 Å². The molecular weight excluding hydrogens is 222 g/mol. The van der Waals surface area contributed by atoms with Crippen molar-refractivity contribution in [1.82, 2.24) is 5.32 Å². The van der Waals surface area contributed by atoms with Crippen LogP contribution in [0.25, 0.3) is 0 Å². The number of carbonyl (C=O) groups is 1. The van der Waals surface area contributed by atoms with Gasteiger partial charge in [0.2, 0.25) is 5.91 Å². The molecule has 1 aromatic carbocycles. The van der Waals surface area contributed by atoms with Crippen LogP contribution in [0.1, 0.15) is 57.1 Å². The Kier molecular flexibility index (Phi) is 6.48. The van der Waals surface area contributed by atoms with Gasteiger partial charge in [-0.2, -0.15) is 0 Å². The fourth-order valence-electron chi connectivity index (χ4n) is 1.82. The summed E-state index contributed by atoms with van der Waals surface area (Å²) in [6, 6.07) is 8.59. The molecule has 1 rings (SSSR count). The van der Waals surface area contributed by atoms with Crippen LogP contribution < -0.4 is 5.32 Å². The average Bonchev–Trinajstić information content (AvgIpc) is 2.37. The fraction of sp³-hybridized carbons (Fsp3) is 0.562. The maximum atomic E-state index is 11.6. The van der Waals surface area contributed by atoms with Crippen molar-refractivity contribution in [3.05, 3.63) is 35.4 Å². The number of amides is 1. The fourth-order valence-corrected chi connectivity index (χ4v) is 1.82. The van der Waals surface area contributed by atoms with Gasteiger partial charge in [0.1, 0.15) is 0 Å². The van der Waals surface area contributed by atoms with Gasteiger partial charge in [0.05, 0.1) is 0 Å². The molecule has 0 unspecified atom stereocenters. The van der Waals surface area contributed by atoms with Gasteiger partial charge in [-0.25, -0.2) is 0 Å². The zero-order chi connectivity index (χ0) is 13.4. The highest BCUT2D eigenvalue weighted by Gasteiger charge is 2.02. The summed E-state index contributed by atoms with van der Waals surface area (Å²) in [7, 11) is 0. The van der Waals surface area contributed by atoms with E-state index in [-0.39, 0.29) is 5.91 Å². The Bertz CT molecular complexity index is 354. The lowest BCUT2D eigenvalue weighted by molar-refractivity contribution is -0.121. The third kappa shape index (κ3) is 5.35. The number of benzene rings is 1. The molecular formula is C16H25NO. The molecule has 0 radical (unpaired) electrons. The highest BCUT2D eigenvalue weighted by Crippen LogP contribution is 2.15. The van der Waals surface area contributed by atoms with Crippen LogP contribution in [-0.2, 0) is 11.2 Å². The molecule has 100 valence electrons. The zero-order valence-corrected chi connectivity index (χ0v) is 11.8. The van der Waals surface area contributed by atoms with E-state index in [9.17, 15) is 4.79 Å². The standard InChI is InChI=1S/C16H25NO/c1-4-5-12-17-16(18)11-8-14-6-9-15(10-7-14)13(2)3/h6-7,9-10,13H,4-5,8,11-12H2,1-3H3,(H,17,18). The minimum atomic E-state index is 0.163. The highest BCUT2D eigenvalue weighted by molar-refractivity contribution is 5.76. The summed E-state index contributed by atoms with van der Waals surface area (Å²) in [5.74, 6) is 0.729. The van der Waals surface area contributed by atoms with Gasteiger partial charge in [0, 0.05) is 13.0 Å². The lowest BCUT2D eigenvalue weighted by Crippen LogP contribution is -2.24. The molecule has 2 nitrogen and oxygen atoms in total. The first-order chi connectivity index (χ1) is 8.63. The van der Waals surface area contributed by atoms with Gasteiger partial charge < -0.3 is 5.32 Å². The van der Waals surface area contributed by atoms with Crippen LogP contribution in [0.4, 0.5) is 0 Å². The second-order valence-corrected chi connectivity index (χ2v) is 5.10. The molecule has 0 aliphatic rings. The van der Waals surface area contributed by atoms with E-state index in [0.717, 1.165) is 25.8 Å². The Morgan fingerprint density at radius 2 is 1.89 bits per heavy atom. The lowest BCUT2D eigenvalue weighted by atomic mass is 10.0. The van der Waals surface area contributed by atoms with Crippen molar-refractivity contribution < 1.29 is 4.79 Å². The number of rotatable bonds is 7. The van der Waals surface area contributed by atoms with Gasteiger partial charge in [-0.15, -0.1) is 0 Å². The summed E-state index contributed by atoms with van der Waals surface area (Å²) in [4.78, 5) is 11.6. The molecule has 0 fully saturated rings. The number of hydrogen-bond acceptors (Lipinski definition) is 1. The van der Waals surface area contributed by atoms with Crippen LogP contribution in [0.15, 0.2) is 24.3 Å². The quantitative estimate of drug-likeness (QED) is 0.732. The van der Waals surface area contributed by atoms with Crippen molar-refractivity contribution in [2.24, 2.45) is 0 Å². The molecule has 0 saturated carbocycles. The largest absolute Gasteiger partial charge is 0.356 e. The van der Waals surface area contributed by atoms with Crippen molar-refractivity contribution in [3.63, 3.8) is 0 Å². The normalized spacial score (nSPS) is 10.7. The number of unbranched alkanes of at least 4 members (excludes halogenated alkanes) is 1. The first-order valence-electron chi connectivity index (χ1n) is 6.99. The minimum absolute atomic E-state index is 0.163. The number of nitrogens with one attached hydrogen (secondary N) is 1. The van der Waals surface area contributed by atoms with Crippen LogP contribution >= 0.6 is 0 Å². The van der Waals surface area contributed by atoms with Crippen molar-refractivity contribution in [2.45, 2.75) is 52.4 Å². The summed E-state index contributed by atoms with van der Waals surface area (Å²) in [6.07, 6.45) is 3.60. The molecule has 18 heavy (non-hydrogen) atoms. The predicted octanol–water partition coefficient (Wildman–Crippen LogP) is 3.66. The third-order valence-electron chi connectivity index (χ3n) is 3.14. The monoisotopic (exact) mass is 247 g/mol. The molecule has 0 aromatic heterocycles. The maximum Gasteiger partial charge on any atom is 0.220 e. The topological polar surface area (TPSA) is 29.1 Å². The Morgan fingerprint density at radius 3 is 2.44 bits per heavy atom. The molecule has 0 aliphatic heterocycles. The Morgan fingerprint density at radius 1 is 1.22 bits per heavy atom. The van der Waals surface area contributed by atoms with Gasteiger partial charge in [0.25, 0.3) is 0 Å². The number of hydrogen-bond donors (Lipinski definition) is 1. The van der Waals surface area contributed by atoms with E-state index in [1.165, 1.54) is 11.1 Å². The molecule has 0 aliphatic carbocycles. The molecule has 0 atom stereocenters. The Balaban J connectivity index is 2.32. The van der Waals surface area contributed by atoms with Crippen molar-refractivity contribution >= 4 is 5.91 Å². The SMILES string of the molecule is CCCCNC(=O)CCc1ccc(C(C)C)cc1. The zero-order valence-electron chi connectivity index (χ0n) is 11.8.